The van der Waals surface area contributed by atoms with Crippen molar-refractivity contribution in [1.82, 2.24) is 0 Å². The van der Waals surface area contributed by atoms with E-state index >= 15 is 0 Å². The topological polar surface area (TPSA) is 30.5 Å². The minimum atomic E-state index is 0.554. The van der Waals surface area contributed by atoms with E-state index in [1.54, 1.807) is 0 Å². The molecule has 0 aliphatic carbocycles. The Hall–Kier alpha value is -1.10. The highest BCUT2D eigenvalue weighted by molar-refractivity contribution is 9.10. The summed E-state index contributed by atoms with van der Waals surface area (Å²) in [5.74, 6) is 1.28. The van der Waals surface area contributed by atoms with Gasteiger partial charge in [0.2, 0.25) is 0 Å². The highest BCUT2D eigenvalue weighted by Gasteiger charge is 2.12. The number of anilines is 1. The fourth-order valence-electron chi connectivity index (χ4n) is 2.14. The minimum Gasteiger partial charge on any atom is -0.490 e. The van der Waals surface area contributed by atoms with E-state index in [1.165, 1.54) is 0 Å². The molecule has 130 valence electrons. The van der Waals surface area contributed by atoms with Crippen LogP contribution in [-0.2, 0) is 6.54 Å². The lowest BCUT2D eigenvalue weighted by Crippen LogP contribution is -2.04. The molecule has 0 unspecified atom stereocenters. The van der Waals surface area contributed by atoms with E-state index in [1.807, 2.05) is 37.3 Å². The quantitative estimate of drug-likeness (QED) is 0.512. The lowest BCUT2D eigenvalue weighted by atomic mass is 10.2. The van der Waals surface area contributed by atoms with Gasteiger partial charge in [-0.1, -0.05) is 30.1 Å². The van der Waals surface area contributed by atoms with Crippen LogP contribution in [0.5, 0.6) is 11.5 Å². The van der Waals surface area contributed by atoms with Gasteiger partial charge in [-0.3, -0.25) is 0 Å². The molecule has 0 saturated heterocycles. The first kappa shape index (κ1) is 19.2. The minimum absolute atomic E-state index is 0.554. The van der Waals surface area contributed by atoms with E-state index in [9.17, 15) is 0 Å². The van der Waals surface area contributed by atoms with Crippen molar-refractivity contribution < 1.29 is 9.47 Å². The Bertz CT molecular complexity index is 695. The molecule has 0 atom stereocenters. The van der Waals surface area contributed by atoms with Crippen LogP contribution in [0.2, 0.25) is 10.0 Å². The second-order valence-electron chi connectivity index (χ2n) is 5.17. The molecule has 0 fully saturated rings. The summed E-state index contributed by atoms with van der Waals surface area (Å²) in [6.45, 7) is 5.75. The zero-order chi connectivity index (χ0) is 17.5. The van der Waals surface area contributed by atoms with E-state index in [0.29, 0.717) is 41.3 Å². The van der Waals surface area contributed by atoms with Gasteiger partial charge >= 0.3 is 0 Å². The van der Waals surface area contributed by atoms with Crippen LogP contribution in [0.15, 0.2) is 34.8 Å². The molecule has 0 saturated carbocycles. The summed E-state index contributed by atoms with van der Waals surface area (Å²) in [5, 5.41) is 4.55. The van der Waals surface area contributed by atoms with E-state index < -0.39 is 0 Å². The molecule has 0 amide bonds. The summed E-state index contributed by atoms with van der Waals surface area (Å²) in [4.78, 5) is 0. The molecule has 0 radical (unpaired) electrons. The third kappa shape index (κ3) is 5.20. The van der Waals surface area contributed by atoms with Crippen molar-refractivity contribution in [3.63, 3.8) is 0 Å². The highest BCUT2D eigenvalue weighted by Crippen LogP contribution is 2.37. The fraction of sp³-hybridized carbons (Fsp3) is 0.333. The summed E-state index contributed by atoms with van der Waals surface area (Å²) >= 11 is 15.9. The second-order valence-corrected chi connectivity index (χ2v) is 6.84. The van der Waals surface area contributed by atoms with Gasteiger partial charge in [-0.15, -0.1) is 0 Å². The molecule has 2 aromatic rings. The van der Waals surface area contributed by atoms with Crippen molar-refractivity contribution in [3.8, 4) is 11.5 Å². The van der Waals surface area contributed by atoms with Gasteiger partial charge in [0.1, 0.15) is 0 Å². The first-order valence-corrected chi connectivity index (χ1v) is 9.37. The average molecular weight is 433 g/mol. The van der Waals surface area contributed by atoms with Gasteiger partial charge < -0.3 is 14.8 Å². The van der Waals surface area contributed by atoms with Gasteiger partial charge in [-0.05, 0) is 65.2 Å². The third-order valence-corrected chi connectivity index (χ3v) is 4.75. The predicted octanol–water partition coefficient (Wildman–Crippen LogP) is 6.56. The van der Waals surface area contributed by atoms with Crippen LogP contribution in [0.3, 0.4) is 0 Å². The predicted molar refractivity (Wildman–Crippen MR) is 105 cm³/mol. The third-order valence-electron chi connectivity index (χ3n) is 3.24. The average Bonchev–Trinajstić information content (AvgIpc) is 2.55. The molecule has 2 aromatic carbocycles. The summed E-state index contributed by atoms with van der Waals surface area (Å²) in [5.41, 5.74) is 1.94. The molecule has 0 spiro atoms. The first-order valence-electron chi connectivity index (χ1n) is 7.82. The molecule has 1 N–H and O–H groups in total. The fourth-order valence-corrected chi connectivity index (χ4v) is 2.86. The van der Waals surface area contributed by atoms with Crippen molar-refractivity contribution in [2.45, 2.75) is 26.8 Å². The highest BCUT2D eigenvalue weighted by atomic mass is 79.9. The molecule has 0 aromatic heterocycles. The van der Waals surface area contributed by atoms with Crippen molar-refractivity contribution in [3.05, 3.63) is 50.4 Å². The van der Waals surface area contributed by atoms with E-state index in [2.05, 4.69) is 28.2 Å². The Balaban J connectivity index is 2.16. The van der Waals surface area contributed by atoms with Crippen LogP contribution in [0.1, 0.15) is 25.8 Å². The zero-order valence-electron chi connectivity index (χ0n) is 13.7. The summed E-state index contributed by atoms with van der Waals surface area (Å²) in [6, 6.07) is 9.58. The molecule has 3 nitrogen and oxygen atoms in total. The Morgan fingerprint density at radius 3 is 2.50 bits per heavy atom. The van der Waals surface area contributed by atoms with Crippen molar-refractivity contribution in [2.24, 2.45) is 0 Å². The number of benzene rings is 2. The molecule has 0 heterocycles. The number of ether oxygens (including phenoxy) is 2. The van der Waals surface area contributed by atoms with E-state index in [-0.39, 0.29) is 0 Å². The van der Waals surface area contributed by atoms with Gasteiger partial charge in [0.15, 0.2) is 11.5 Å². The normalized spacial score (nSPS) is 10.5. The summed E-state index contributed by atoms with van der Waals surface area (Å²) in [7, 11) is 0. The van der Waals surface area contributed by atoms with Gasteiger partial charge in [0, 0.05) is 16.7 Å². The van der Waals surface area contributed by atoms with Crippen molar-refractivity contribution >= 4 is 44.8 Å². The van der Waals surface area contributed by atoms with Crippen molar-refractivity contribution in [1.29, 1.82) is 0 Å². The second kappa shape index (κ2) is 9.40. The lowest BCUT2D eigenvalue weighted by molar-refractivity contribution is 0.277. The molecule has 6 heteroatoms. The Kier molecular flexibility index (Phi) is 7.53. The molecule has 24 heavy (non-hydrogen) atoms. The number of rotatable bonds is 8. The molecule has 0 aliphatic rings. The van der Waals surface area contributed by atoms with Crippen LogP contribution >= 0.6 is 39.1 Å². The van der Waals surface area contributed by atoms with Gasteiger partial charge in [0.25, 0.3) is 0 Å². The SMILES string of the molecule is CCCOc1c(Cl)cc(CNc2ccc(Br)c(Cl)c2)cc1OCC. The standard InChI is InChI=1S/C18H20BrCl2NO2/c1-3-7-24-18-16(21)8-12(9-17(18)23-4-2)11-22-13-5-6-14(19)15(20)10-13/h5-6,8-10,22H,3-4,7,11H2,1-2H3. The number of hydrogen-bond donors (Lipinski definition) is 1. The zero-order valence-corrected chi connectivity index (χ0v) is 16.8. The van der Waals surface area contributed by atoms with Crippen LogP contribution in [-0.4, -0.2) is 13.2 Å². The molecule has 0 aliphatic heterocycles. The van der Waals surface area contributed by atoms with Crippen LogP contribution < -0.4 is 14.8 Å². The molecule has 0 bridgehead atoms. The molecule has 2 rings (SSSR count). The summed E-state index contributed by atoms with van der Waals surface area (Å²) in [6.07, 6.45) is 0.912. The maximum absolute atomic E-state index is 6.37. The Morgan fingerprint density at radius 2 is 1.83 bits per heavy atom. The largest absolute Gasteiger partial charge is 0.490 e. The van der Waals surface area contributed by atoms with Crippen LogP contribution in [0, 0.1) is 0 Å². The van der Waals surface area contributed by atoms with E-state index in [0.717, 1.165) is 22.1 Å². The first-order chi connectivity index (χ1) is 11.5. The molecular formula is C18H20BrCl2NO2. The lowest BCUT2D eigenvalue weighted by Gasteiger charge is -2.15. The van der Waals surface area contributed by atoms with Crippen LogP contribution in [0.25, 0.3) is 0 Å². The monoisotopic (exact) mass is 431 g/mol. The Morgan fingerprint density at radius 1 is 1.04 bits per heavy atom. The number of nitrogens with one attached hydrogen (secondary N) is 1. The Labute approximate surface area is 161 Å². The maximum atomic E-state index is 6.37. The maximum Gasteiger partial charge on any atom is 0.179 e. The van der Waals surface area contributed by atoms with Gasteiger partial charge in [-0.2, -0.15) is 0 Å². The number of halogens is 3. The van der Waals surface area contributed by atoms with Gasteiger partial charge in [0.05, 0.1) is 23.3 Å². The number of hydrogen-bond acceptors (Lipinski definition) is 3. The summed E-state index contributed by atoms with van der Waals surface area (Å²) < 4.78 is 12.3. The molecular weight excluding hydrogens is 413 g/mol. The van der Waals surface area contributed by atoms with Crippen LogP contribution in [0.4, 0.5) is 5.69 Å². The van der Waals surface area contributed by atoms with Crippen molar-refractivity contribution in [2.75, 3.05) is 18.5 Å². The smallest absolute Gasteiger partial charge is 0.179 e. The van der Waals surface area contributed by atoms with Gasteiger partial charge in [-0.25, -0.2) is 0 Å². The van der Waals surface area contributed by atoms with E-state index in [4.69, 9.17) is 32.7 Å².